The van der Waals surface area contributed by atoms with Crippen LogP contribution in [0, 0.1) is 0 Å². The molecule has 0 amide bonds. The molecule has 0 aliphatic heterocycles. The third-order valence-electron chi connectivity index (χ3n) is 5.39. The number of nitrogens with two attached hydrogens (primary N) is 1. The summed E-state index contributed by atoms with van der Waals surface area (Å²) in [6, 6.07) is 8.83. The van der Waals surface area contributed by atoms with E-state index >= 15 is 0 Å². The lowest BCUT2D eigenvalue weighted by atomic mass is 9.91. The molecule has 0 saturated carbocycles. The number of nitrogen functional groups attached to an aromatic ring is 1. The Bertz CT molecular complexity index is 903. The zero-order valence-corrected chi connectivity index (χ0v) is 18.8. The van der Waals surface area contributed by atoms with Crippen molar-refractivity contribution < 1.29 is 13.0 Å². The summed E-state index contributed by atoms with van der Waals surface area (Å²) in [5, 5.41) is 3.39. The van der Waals surface area contributed by atoms with Crippen LogP contribution in [-0.4, -0.2) is 25.3 Å². The first-order chi connectivity index (χ1) is 13.7. The van der Waals surface area contributed by atoms with Gasteiger partial charge in [-0.15, -0.1) is 0 Å². The summed E-state index contributed by atoms with van der Waals surface area (Å²) in [4.78, 5) is 0. The van der Waals surface area contributed by atoms with Gasteiger partial charge in [-0.05, 0) is 89.8 Å². The van der Waals surface area contributed by atoms with Crippen LogP contribution in [0.1, 0.15) is 56.4 Å². The molecule has 29 heavy (non-hydrogen) atoms. The number of benzene rings is 2. The third kappa shape index (κ3) is 5.97. The van der Waals surface area contributed by atoms with Gasteiger partial charge < -0.3 is 11.1 Å². The summed E-state index contributed by atoms with van der Waals surface area (Å²) >= 11 is 0. The molecule has 0 aliphatic carbocycles. The first kappa shape index (κ1) is 23.2. The molecular formula is C23H34N2O3S. The predicted molar refractivity (Wildman–Crippen MR) is 123 cm³/mol. The van der Waals surface area contributed by atoms with E-state index in [2.05, 4.69) is 57.3 Å². The molecule has 0 heterocycles. The van der Waals surface area contributed by atoms with E-state index in [1.165, 1.54) is 33.4 Å². The summed E-state index contributed by atoms with van der Waals surface area (Å²) in [5.74, 6) is -0.230. The second kappa shape index (κ2) is 10.1. The van der Waals surface area contributed by atoms with Gasteiger partial charge in [-0.25, -0.2) is 0 Å². The standard InChI is InChI=1S/C23H34N2O3S/c1-5-16-12-20(13-17(6-2)22(16)24)21-14-18(7-3)23(19(8-4)15-21)25-10-9-11-29(26,27)28/h12-15,25H,5-11,24H2,1-4H3,(H,26,27,28). The van der Waals surface area contributed by atoms with Crippen LogP contribution in [0.2, 0.25) is 0 Å². The smallest absolute Gasteiger partial charge is 0.264 e. The van der Waals surface area contributed by atoms with Crippen molar-refractivity contribution in [2.75, 3.05) is 23.3 Å². The van der Waals surface area contributed by atoms with Gasteiger partial charge in [0, 0.05) is 17.9 Å². The van der Waals surface area contributed by atoms with Gasteiger partial charge in [0.1, 0.15) is 0 Å². The van der Waals surface area contributed by atoms with Crippen LogP contribution in [0.3, 0.4) is 0 Å². The highest BCUT2D eigenvalue weighted by atomic mass is 32.2. The number of hydrogen-bond acceptors (Lipinski definition) is 4. The molecule has 0 saturated heterocycles. The Kier molecular flexibility index (Phi) is 8.11. The van der Waals surface area contributed by atoms with Gasteiger partial charge in [0.05, 0.1) is 5.75 Å². The lowest BCUT2D eigenvalue weighted by molar-refractivity contribution is 0.481. The second-order valence-corrected chi connectivity index (χ2v) is 8.93. The zero-order valence-electron chi connectivity index (χ0n) is 18.0. The van der Waals surface area contributed by atoms with E-state index in [0.717, 1.165) is 37.1 Å². The average Bonchev–Trinajstić information content (AvgIpc) is 2.70. The first-order valence-corrected chi connectivity index (χ1v) is 12.1. The van der Waals surface area contributed by atoms with Crippen molar-refractivity contribution in [2.24, 2.45) is 0 Å². The molecule has 160 valence electrons. The quantitative estimate of drug-likeness (QED) is 0.291. The SMILES string of the molecule is CCc1cc(-c2cc(CC)c(NCCCS(=O)(=O)O)c(CC)c2)cc(CC)c1N. The van der Waals surface area contributed by atoms with Crippen LogP contribution < -0.4 is 11.1 Å². The highest BCUT2D eigenvalue weighted by molar-refractivity contribution is 7.85. The summed E-state index contributed by atoms with van der Waals surface area (Å²) in [6.07, 6.45) is 3.92. The molecular weight excluding hydrogens is 384 g/mol. The van der Waals surface area contributed by atoms with Crippen molar-refractivity contribution in [3.8, 4) is 11.1 Å². The number of nitrogens with one attached hydrogen (secondary N) is 1. The van der Waals surface area contributed by atoms with E-state index in [1.54, 1.807) is 0 Å². The number of aryl methyl sites for hydroxylation is 4. The molecule has 4 N–H and O–H groups in total. The number of rotatable bonds is 10. The van der Waals surface area contributed by atoms with Crippen LogP contribution in [0.5, 0.6) is 0 Å². The number of hydrogen-bond donors (Lipinski definition) is 3. The lowest BCUT2D eigenvalue weighted by Crippen LogP contribution is -2.12. The molecule has 0 spiro atoms. The molecule has 0 atom stereocenters. The molecule has 0 aromatic heterocycles. The first-order valence-electron chi connectivity index (χ1n) is 10.5. The maximum atomic E-state index is 10.9. The topological polar surface area (TPSA) is 92.4 Å². The van der Waals surface area contributed by atoms with Crippen molar-refractivity contribution in [1.29, 1.82) is 0 Å². The summed E-state index contributed by atoms with van der Waals surface area (Å²) in [7, 11) is -3.92. The largest absolute Gasteiger partial charge is 0.398 e. The van der Waals surface area contributed by atoms with Crippen molar-refractivity contribution in [2.45, 2.75) is 59.8 Å². The van der Waals surface area contributed by atoms with Gasteiger partial charge in [0.2, 0.25) is 0 Å². The third-order valence-corrected chi connectivity index (χ3v) is 6.20. The van der Waals surface area contributed by atoms with Gasteiger partial charge in [0.25, 0.3) is 10.1 Å². The van der Waals surface area contributed by atoms with E-state index < -0.39 is 10.1 Å². The fraction of sp³-hybridized carbons (Fsp3) is 0.478. The average molecular weight is 419 g/mol. The molecule has 0 unspecified atom stereocenters. The summed E-state index contributed by atoms with van der Waals surface area (Å²) in [6.45, 7) is 9.01. The Morgan fingerprint density at radius 3 is 1.62 bits per heavy atom. The Morgan fingerprint density at radius 1 is 0.828 bits per heavy atom. The predicted octanol–water partition coefficient (Wildman–Crippen LogP) is 4.88. The van der Waals surface area contributed by atoms with E-state index in [-0.39, 0.29) is 5.75 Å². The molecule has 2 aromatic rings. The van der Waals surface area contributed by atoms with Gasteiger partial charge in [0.15, 0.2) is 0 Å². The Balaban J connectivity index is 2.41. The van der Waals surface area contributed by atoms with Crippen molar-refractivity contribution in [3.05, 3.63) is 46.5 Å². The summed E-state index contributed by atoms with van der Waals surface area (Å²) in [5.41, 5.74) is 15.5. The van der Waals surface area contributed by atoms with E-state index in [0.29, 0.717) is 13.0 Å². The number of anilines is 2. The van der Waals surface area contributed by atoms with Gasteiger partial charge >= 0.3 is 0 Å². The van der Waals surface area contributed by atoms with E-state index in [9.17, 15) is 8.42 Å². The van der Waals surface area contributed by atoms with Crippen LogP contribution in [0.25, 0.3) is 11.1 Å². The molecule has 0 radical (unpaired) electrons. The minimum Gasteiger partial charge on any atom is -0.398 e. The highest BCUT2D eigenvalue weighted by Crippen LogP contribution is 2.33. The van der Waals surface area contributed by atoms with Crippen molar-refractivity contribution in [3.63, 3.8) is 0 Å². The molecule has 5 nitrogen and oxygen atoms in total. The molecule has 6 heteroatoms. The van der Waals surface area contributed by atoms with E-state index in [1.807, 2.05) is 0 Å². The molecule has 0 aliphatic rings. The fourth-order valence-electron chi connectivity index (χ4n) is 3.72. The maximum Gasteiger partial charge on any atom is 0.264 e. The van der Waals surface area contributed by atoms with Crippen LogP contribution in [-0.2, 0) is 35.8 Å². The normalized spacial score (nSPS) is 11.6. The van der Waals surface area contributed by atoms with Gasteiger partial charge in [-0.1, -0.05) is 27.7 Å². The Hall–Kier alpha value is -2.05. The molecule has 0 fully saturated rings. The minimum atomic E-state index is -3.92. The summed E-state index contributed by atoms with van der Waals surface area (Å²) < 4.78 is 30.8. The molecule has 0 bridgehead atoms. The molecule has 2 rings (SSSR count). The minimum absolute atomic E-state index is 0.230. The van der Waals surface area contributed by atoms with Crippen LogP contribution in [0.15, 0.2) is 24.3 Å². The highest BCUT2D eigenvalue weighted by Gasteiger charge is 2.13. The second-order valence-electron chi connectivity index (χ2n) is 7.36. The van der Waals surface area contributed by atoms with Crippen LogP contribution in [0.4, 0.5) is 11.4 Å². The van der Waals surface area contributed by atoms with Gasteiger partial charge in [-0.2, -0.15) is 8.42 Å². The fourth-order valence-corrected chi connectivity index (χ4v) is 4.23. The zero-order chi connectivity index (χ0) is 21.6. The Morgan fingerprint density at radius 2 is 1.24 bits per heavy atom. The molecule has 2 aromatic carbocycles. The Labute approximate surface area is 175 Å². The lowest BCUT2D eigenvalue weighted by Gasteiger charge is -2.19. The van der Waals surface area contributed by atoms with Crippen LogP contribution >= 0.6 is 0 Å². The van der Waals surface area contributed by atoms with E-state index in [4.69, 9.17) is 10.3 Å². The maximum absolute atomic E-state index is 10.9. The van der Waals surface area contributed by atoms with Crippen molar-refractivity contribution in [1.82, 2.24) is 0 Å². The van der Waals surface area contributed by atoms with Gasteiger partial charge in [-0.3, -0.25) is 4.55 Å². The monoisotopic (exact) mass is 418 g/mol. The van der Waals surface area contributed by atoms with Crippen molar-refractivity contribution >= 4 is 21.5 Å².